The number of rotatable bonds is 9. The maximum atomic E-state index is 13.0. The van der Waals surface area contributed by atoms with Crippen LogP contribution in [0.1, 0.15) is 47.2 Å². The average Bonchev–Trinajstić information content (AvgIpc) is 3.20. The number of amides is 2. The van der Waals surface area contributed by atoms with Gasteiger partial charge in [0.05, 0.1) is 5.69 Å². The highest BCUT2D eigenvalue weighted by Gasteiger charge is 2.19. The maximum Gasteiger partial charge on any atom is 0.273 e. The molecule has 0 aliphatic carbocycles. The van der Waals surface area contributed by atoms with E-state index in [1.807, 2.05) is 20.8 Å². The molecule has 0 saturated heterocycles. The van der Waals surface area contributed by atoms with Gasteiger partial charge >= 0.3 is 0 Å². The van der Waals surface area contributed by atoms with Gasteiger partial charge in [-0.05, 0) is 54.8 Å². The number of anilines is 1. The molecular formula is C24H27FN4O3. The number of hydrogen-bond acceptors (Lipinski definition) is 4. The van der Waals surface area contributed by atoms with Crippen LogP contribution in [0.25, 0.3) is 0 Å². The summed E-state index contributed by atoms with van der Waals surface area (Å²) in [6.45, 7) is 7.29. The second-order valence-electron chi connectivity index (χ2n) is 7.74. The molecule has 168 valence electrons. The first-order chi connectivity index (χ1) is 15.4. The van der Waals surface area contributed by atoms with E-state index < -0.39 is 0 Å². The fourth-order valence-electron chi connectivity index (χ4n) is 2.87. The number of carbonyl (C=O) groups is 2. The van der Waals surface area contributed by atoms with E-state index >= 15 is 0 Å². The number of halogens is 1. The van der Waals surface area contributed by atoms with Crippen LogP contribution in [0, 0.1) is 11.7 Å². The van der Waals surface area contributed by atoms with E-state index in [0.29, 0.717) is 36.0 Å². The molecular weight excluding hydrogens is 411 g/mol. The molecule has 8 heteroatoms. The van der Waals surface area contributed by atoms with Crippen molar-refractivity contribution >= 4 is 17.5 Å². The van der Waals surface area contributed by atoms with Crippen LogP contribution in [-0.2, 0) is 13.2 Å². The molecule has 3 rings (SSSR count). The third-order valence-electron chi connectivity index (χ3n) is 4.66. The van der Waals surface area contributed by atoms with Crippen LogP contribution >= 0.6 is 0 Å². The molecule has 0 radical (unpaired) electrons. The summed E-state index contributed by atoms with van der Waals surface area (Å²) in [7, 11) is 0. The van der Waals surface area contributed by atoms with Gasteiger partial charge in [0.25, 0.3) is 11.8 Å². The Morgan fingerprint density at radius 1 is 1.06 bits per heavy atom. The third kappa shape index (κ3) is 6.16. The minimum atomic E-state index is -0.343. The van der Waals surface area contributed by atoms with Crippen molar-refractivity contribution in [2.75, 3.05) is 11.9 Å². The number of benzene rings is 2. The largest absolute Gasteiger partial charge is 0.489 e. The zero-order chi connectivity index (χ0) is 23.1. The molecule has 1 aromatic heterocycles. The highest BCUT2D eigenvalue weighted by atomic mass is 19.1. The van der Waals surface area contributed by atoms with Crippen molar-refractivity contribution in [3.8, 4) is 5.75 Å². The summed E-state index contributed by atoms with van der Waals surface area (Å²) < 4.78 is 20.2. The van der Waals surface area contributed by atoms with Crippen molar-refractivity contribution in [2.24, 2.45) is 5.92 Å². The first-order valence-corrected chi connectivity index (χ1v) is 10.5. The van der Waals surface area contributed by atoms with Crippen molar-refractivity contribution in [3.05, 3.63) is 77.4 Å². The van der Waals surface area contributed by atoms with Crippen LogP contribution in [0.5, 0.6) is 5.75 Å². The smallest absolute Gasteiger partial charge is 0.273 e. The molecule has 0 bridgehead atoms. The van der Waals surface area contributed by atoms with Crippen LogP contribution < -0.4 is 15.4 Å². The van der Waals surface area contributed by atoms with Gasteiger partial charge in [-0.25, -0.2) is 4.39 Å². The highest BCUT2D eigenvalue weighted by Crippen LogP contribution is 2.17. The van der Waals surface area contributed by atoms with Crippen molar-refractivity contribution in [3.63, 3.8) is 0 Å². The van der Waals surface area contributed by atoms with Gasteiger partial charge in [-0.15, -0.1) is 0 Å². The molecule has 2 N–H and O–H groups in total. The quantitative estimate of drug-likeness (QED) is 0.523. The van der Waals surface area contributed by atoms with E-state index in [2.05, 4.69) is 15.7 Å². The number of nitrogens with one attached hydrogen (secondary N) is 2. The Kier molecular flexibility index (Phi) is 7.59. The van der Waals surface area contributed by atoms with Crippen molar-refractivity contribution in [1.29, 1.82) is 0 Å². The predicted molar refractivity (Wildman–Crippen MR) is 120 cm³/mol. The standard InChI is InChI=1S/C24H27FN4O3/c1-4-29-14-21(22(28-29)24(31)26-13-16(2)3)27-23(30)18-7-5-17(6-8-18)15-32-20-11-9-19(25)10-12-20/h5-12,14,16H,4,13,15H2,1-3H3,(H,26,31)(H,27,30). The van der Waals surface area contributed by atoms with E-state index in [1.54, 1.807) is 47.3 Å². The molecule has 2 aromatic carbocycles. The molecule has 7 nitrogen and oxygen atoms in total. The van der Waals surface area contributed by atoms with E-state index in [4.69, 9.17) is 4.74 Å². The summed E-state index contributed by atoms with van der Waals surface area (Å²) in [4.78, 5) is 25.2. The lowest BCUT2D eigenvalue weighted by atomic mass is 10.1. The summed E-state index contributed by atoms with van der Waals surface area (Å²) in [5.74, 6) is -0.128. The van der Waals surface area contributed by atoms with E-state index in [9.17, 15) is 14.0 Å². The zero-order valence-corrected chi connectivity index (χ0v) is 18.4. The first kappa shape index (κ1) is 23.0. The predicted octanol–water partition coefficient (Wildman–Crippen LogP) is 4.26. The lowest BCUT2D eigenvalue weighted by Gasteiger charge is -2.09. The molecule has 0 fully saturated rings. The number of ether oxygens (including phenoxy) is 1. The molecule has 0 saturated carbocycles. The third-order valence-corrected chi connectivity index (χ3v) is 4.66. The molecule has 0 atom stereocenters. The Labute approximate surface area is 186 Å². The van der Waals surface area contributed by atoms with Crippen LogP contribution in [0.15, 0.2) is 54.7 Å². The van der Waals surface area contributed by atoms with Gasteiger partial charge in [-0.2, -0.15) is 5.10 Å². The Morgan fingerprint density at radius 3 is 2.38 bits per heavy atom. The summed E-state index contributed by atoms with van der Waals surface area (Å²) >= 11 is 0. The number of nitrogens with zero attached hydrogens (tertiary/aromatic N) is 2. The van der Waals surface area contributed by atoms with E-state index in [1.165, 1.54) is 12.1 Å². The minimum absolute atomic E-state index is 0.185. The van der Waals surface area contributed by atoms with Gasteiger partial charge < -0.3 is 15.4 Å². The molecule has 3 aromatic rings. The normalized spacial score (nSPS) is 10.8. The Bertz CT molecular complexity index is 1060. The van der Waals surface area contributed by atoms with Crippen LogP contribution in [0.4, 0.5) is 10.1 Å². The number of aromatic nitrogens is 2. The van der Waals surface area contributed by atoms with Gasteiger partial charge in [0.15, 0.2) is 5.69 Å². The molecule has 0 spiro atoms. The van der Waals surface area contributed by atoms with Crippen molar-refractivity contribution < 1.29 is 18.7 Å². The van der Waals surface area contributed by atoms with E-state index in [0.717, 1.165) is 5.56 Å². The summed E-state index contributed by atoms with van der Waals surface area (Å²) in [5, 5.41) is 9.89. The van der Waals surface area contributed by atoms with Gasteiger partial charge in [0.2, 0.25) is 0 Å². The Morgan fingerprint density at radius 2 is 1.75 bits per heavy atom. The topological polar surface area (TPSA) is 85.2 Å². The lowest BCUT2D eigenvalue weighted by Crippen LogP contribution is -2.28. The molecule has 0 unspecified atom stereocenters. The second kappa shape index (κ2) is 10.6. The van der Waals surface area contributed by atoms with Crippen LogP contribution in [0.2, 0.25) is 0 Å². The first-order valence-electron chi connectivity index (χ1n) is 10.5. The summed E-state index contributed by atoms with van der Waals surface area (Å²) in [6, 6.07) is 12.7. The van der Waals surface area contributed by atoms with Gasteiger partial charge in [-0.3, -0.25) is 14.3 Å². The lowest BCUT2D eigenvalue weighted by molar-refractivity contribution is 0.0944. The molecule has 0 aliphatic heterocycles. The SMILES string of the molecule is CCn1cc(NC(=O)c2ccc(COc3ccc(F)cc3)cc2)c(C(=O)NCC(C)C)n1. The highest BCUT2D eigenvalue weighted by molar-refractivity contribution is 6.08. The molecule has 1 heterocycles. The summed E-state index contributed by atoms with van der Waals surface area (Å²) in [6.07, 6.45) is 1.65. The Hall–Kier alpha value is -3.68. The van der Waals surface area contributed by atoms with Gasteiger partial charge in [0, 0.05) is 24.8 Å². The number of carbonyl (C=O) groups excluding carboxylic acids is 2. The summed E-state index contributed by atoms with van der Waals surface area (Å²) in [5.41, 5.74) is 1.85. The van der Waals surface area contributed by atoms with Crippen molar-refractivity contribution in [2.45, 2.75) is 33.9 Å². The van der Waals surface area contributed by atoms with Gasteiger partial charge in [-0.1, -0.05) is 26.0 Å². The van der Waals surface area contributed by atoms with E-state index in [-0.39, 0.29) is 29.9 Å². The fraction of sp³-hybridized carbons (Fsp3) is 0.292. The maximum absolute atomic E-state index is 13.0. The monoisotopic (exact) mass is 438 g/mol. The average molecular weight is 439 g/mol. The number of hydrogen-bond donors (Lipinski definition) is 2. The molecule has 2 amide bonds. The fourth-order valence-corrected chi connectivity index (χ4v) is 2.87. The van der Waals surface area contributed by atoms with Crippen molar-refractivity contribution in [1.82, 2.24) is 15.1 Å². The van der Waals surface area contributed by atoms with Crippen LogP contribution in [-0.4, -0.2) is 28.1 Å². The Balaban J connectivity index is 1.64. The van der Waals surface area contributed by atoms with Gasteiger partial charge in [0.1, 0.15) is 18.2 Å². The molecule has 32 heavy (non-hydrogen) atoms. The zero-order valence-electron chi connectivity index (χ0n) is 18.4. The van der Waals surface area contributed by atoms with Crippen LogP contribution in [0.3, 0.4) is 0 Å². The molecule has 0 aliphatic rings. The number of aryl methyl sites for hydroxylation is 1. The second-order valence-corrected chi connectivity index (χ2v) is 7.74. The minimum Gasteiger partial charge on any atom is -0.489 e.